The molecule has 0 atom stereocenters. The molecule has 1 heterocycles. The minimum absolute atomic E-state index is 0.167. The number of rotatable bonds is 3. The molecule has 5 heteroatoms. The fraction of sp³-hybridized carbons (Fsp3) is 0.500. The summed E-state index contributed by atoms with van der Waals surface area (Å²) in [6.07, 6.45) is 9.37. The Kier molecular flexibility index (Phi) is 5.10. The van der Waals surface area contributed by atoms with Crippen LogP contribution in [0.25, 0.3) is 0 Å². The smallest absolute Gasteiger partial charge is 0.161 e. The van der Waals surface area contributed by atoms with Crippen molar-refractivity contribution >= 4 is 27.5 Å². The van der Waals surface area contributed by atoms with Gasteiger partial charge in [0.15, 0.2) is 11.6 Å². The van der Waals surface area contributed by atoms with Crippen molar-refractivity contribution in [1.82, 2.24) is 5.32 Å². The van der Waals surface area contributed by atoms with Gasteiger partial charge < -0.3 is 10.1 Å². The number of carbonyl (C=O) groups is 2. The third-order valence-electron chi connectivity index (χ3n) is 6.67. The predicted molar refractivity (Wildman–Crippen MR) is 115 cm³/mol. The van der Waals surface area contributed by atoms with Crippen LogP contribution in [0.5, 0.6) is 5.75 Å². The van der Waals surface area contributed by atoms with E-state index in [4.69, 9.17) is 4.74 Å². The first-order valence-corrected chi connectivity index (χ1v) is 11.7. The summed E-state index contributed by atoms with van der Waals surface area (Å²) >= 11 is 3.61. The van der Waals surface area contributed by atoms with Crippen LogP contribution in [-0.2, 0) is 9.59 Å². The maximum Gasteiger partial charge on any atom is 0.161 e. The Bertz CT molecular complexity index is 897. The number of allylic oxidation sites excluding steroid dienone is 4. The first kappa shape index (κ1) is 19.1. The molecule has 0 saturated heterocycles. The predicted octanol–water partition coefficient (Wildman–Crippen LogP) is 5.47. The maximum atomic E-state index is 13.0. The van der Waals surface area contributed by atoms with Crippen molar-refractivity contribution in [2.45, 2.75) is 76.2 Å². The first-order valence-electron chi connectivity index (χ1n) is 10.9. The van der Waals surface area contributed by atoms with E-state index in [-0.39, 0.29) is 23.6 Å². The number of halogens is 1. The van der Waals surface area contributed by atoms with Crippen LogP contribution in [-0.4, -0.2) is 17.7 Å². The molecule has 152 valence electrons. The summed E-state index contributed by atoms with van der Waals surface area (Å²) in [6, 6.07) is 6.05. The quantitative estimate of drug-likeness (QED) is 0.655. The van der Waals surface area contributed by atoms with E-state index >= 15 is 0 Å². The summed E-state index contributed by atoms with van der Waals surface area (Å²) in [5.41, 5.74) is 4.58. The van der Waals surface area contributed by atoms with Gasteiger partial charge in [-0.1, -0.05) is 15.9 Å². The number of benzene rings is 1. The Hall–Kier alpha value is -1.88. The van der Waals surface area contributed by atoms with E-state index < -0.39 is 0 Å². The molecule has 4 nitrogen and oxygen atoms in total. The van der Waals surface area contributed by atoms with Crippen molar-refractivity contribution in [3.63, 3.8) is 0 Å². The van der Waals surface area contributed by atoms with Gasteiger partial charge in [-0.2, -0.15) is 0 Å². The monoisotopic (exact) mass is 455 g/mol. The summed E-state index contributed by atoms with van der Waals surface area (Å²) in [7, 11) is 0. The van der Waals surface area contributed by atoms with E-state index in [2.05, 4.69) is 27.3 Å². The lowest BCUT2D eigenvalue weighted by molar-refractivity contribution is -0.116. The third-order valence-corrected chi connectivity index (χ3v) is 7.16. The molecule has 1 fully saturated rings. The molecule has 4 aliphatic rings. The average Bonchev–Trinajstić information content (AvgIpc) is 3.21. The minimum Gasteiger partial charge on any atom is -0.490 e. The van der Waals surface area contributed by atoms with Gasteiger partial charge in [0.2, 0.25) is 0 Å². The third kappa shape index (κ3) is 3.48. The van der Waals surface area contributed by atoms with Crippen LogP contribution in [0, 0.1) is 0 Å². The Labute approximate surface area is 179 Å². The lowest BCUT2D eigenvalue weighted by Gasteiger charge is -2.37. The van der Waals surface area contributed by atoms with Crippen LogP contribution in [0.2, 0.25) is 0 Å². The Balaban J connectivity index is 1.66. The van der Waals surface area contributed by atoms with Crippen LogP contribution >= 0.6 is 15.9 Å². The van der Waals surface area contributed by atoms with E-state index in [0.717, 1.165) is 76.9 Å². The van der Waals surface area contributed by atoms with Crippen molar-refractivity contribution in [2.24, 2.45) is 0 Å². The molecule has 5 rings (SSSR count). The number of hydrogen-bond acceptors (Lipinski definition) is 4. The van der Waals surface area contributed by atoms with Crippen LogP contribution in [0.4, 0.5) is 0 Å². The molecule has 1 N–H and O–H groups in total. The number of nitrogens with one attached hydrogen (secondary N) is 1. The van der Waals surface area contributed by atoms with Crippen molar-refractivity contribution < 1.29 is 14.3 Å². The summed E-state index contributed by atoms with van der Waals surface area (Å²) in [4.78, 5) is 26.1. The molecule has 1 saturated carbocycles. The SMILES string of the molecule is O=C1CCCC2=C1C(c1cc(Br)ccc1OC1CCCC1)C1=C(CCCC1=O)N2. The summed E-state index contributed by atoms with van der Waals surface area (Å²) in [6.45, 7) is 0. The molecule has 3 aliphatic carbocycles. The summed E-state index contributed by atoms with van der Waals surface area (Å²) < 4.78 is 7.38. The molecule has 0 unspecified atom stereocenters. The van der Waals surface area contributed by atoms with E-state index in [1.807, 2.05) is 12.1 Å². The average molecular weight is 456 g/mol. The van der Waals surface area contributed by atoms with Gasteiger partial charge in [-0.25, -0.2) is 0 Å². The van der Waals surface area contributed by atoms with Gasteiger partial charge >= 0.3 is 0 Å². The molecular formula is C24H26BrNO3. The lowest BCUT2D eigenvalue weighted by atomic mass is 9.71. The molecule has 0 aromatic heterocycles. The zero-order valence-electron chi connectivity index (χ0n) is 16.6. The van der Waals surface area contributed by atoms with Crippen molar-refractivity contribution in [2.75, 3.05) is 0 Å². The number of hydrogen-bond donors (Lipinski definition) is 1. The van der Waals surface area contributed by atoms with Crippen molar-refractivity contribution in [3.05, 3.63) is 50.8 Å². The first-order chi connectivity index (χ1) is 14.1. The fourth-order valence-corrected chi connectivity index (χ4v) is 5.71. The zero-order valence-corrected chi connectivity index (χ0v) is 18.1. The molecule has 1 aliphatic heterocycles. The van der Waals surface area contributed by atoms with Gasteiger partial charge in [-0.15, -0.1) is 0 Å². The number of Topliss-reactive ketones (excluding diaryl/α,β-unsaturated/α-hetero) is 2. The fourth-order valence-electron chi connectivity index (χ4n) is 5.33. The van der Waals surface area contributed by atoms with Gasteiger partial charge in [0.05, 0.1) is 6.10 Å². The highest BCUT2D eigenvalue weighted by atomic mass is 79.9. The Morgan fingerprint density at radius 1 is 0.862 bits per heavy atom. The molecule has 0 radical (unpaired) electrons. The van der Waals surface area contributed by atoms with Crippen LogP contribution in [0.15, 0.2) is 45.2 Å². The lowest BCUT2D eigenvalue weighted by Crippen LogP contribution is -2.36. The molecule has 0 amide bonds. The van der Waals surface area contributed by atoms with Gasteiger partial charge in [0.1, 0.15) is 5.75 Å². The summed E-state index contributed by atoms with van der Waals surface area (Å²) in [5.74, 6) is 0.846. The van der Waals surface area contributed by atoms with E-state index in [1.54, 1.807) is 0 Å². The second kappa shape index (κ2) is 7.75. The molecule has 29 heavy (non-hydrogen) atoms. The second-order valence-corrected chi connectivity index (χ2v) is 9.52. The standard InChI is InChI=1S/C24H26BrNO3/c25-14-11-12-21(29-15-5-1-2-6-15)16(13-14)22-23-17(7-3-9-19(23)27)26-18-8-4-10-20(28)24(18)22/h11-13,15,22,26H,1-10H2. The number of dihydropyridines is 1. The van der Waals surface area contributed by atoms with Gasteiger partial charge in [-0.05, 0) is 69.6 Å². The van der Waals surface area contributed by atoms with Gasteiger partial charge in [0.25, 0.3) is 0 Å². The highest BCUT2D eigenvalue weighted by molar-refractivity contribution is 9.10. The molecular weight excluding hydrogens is 430 g/mol. The topological polar surface area (TPSA) is 55.4 Å². The normalized spacial score (nSPS) is 23.2. The Morgan fingerprint density at radius 2 is 1.48 bits per heavy atom. The van der Waals surface area contributed by atoms with Crippen LogP contribution < -0.4 is 10.1 Å². The van der Waals surface area contributed by atoms with E-state index in [1.165, 1.54) is 12.8 Å². The van der Waals surface area contributed by atoms with Crippen molar-refractivity contribution in [3.8, 4) is 5.75 Å². The van der Waals surface area contributed by atoms with Crippen LogP contribution in [0.1, 0.15) is 75.7 Å². The zero-order chi connectivity index (χ0) is 20.0. The van der Waals surface area contributed by atoms with Crippen molar-refractivity contribution in [1.29, 1.82) is 0 Å². The number of carbonyl (C=O) groups excluding carboxylic acids is 2. The van der Waals surface area contributed by atoms with E-state index in [0.29, 0.717) is 12.8 Å². The molecule has 0 bridgehead atoms. The second-order valence-electron chi connectivity index (χ2n) is 8.60. The highest BCUT2D eigenvalue weighted by Gasteiger charge is 2.41. The minimum atomic E-state index is -0.309. The molecule has 1 aromatic rings. The van der Waals surface area contributed by atoms with E-state index in [9.17, 15) is 9.59 Å². The van der Waals surface area contributed by atoms with Gasteiger partial charge in [-0.3, -0.25) is 9.59 Å². The maximum absolute atomic E-state index is 13.0. The molecule has 1 aromatic carbocycles. The largest absolute Gasteiger partial charge is 0.490 e. The molecule has 0 spiro atoms. The highest BCUT2D eigenvalue weighted by Crippen LogP contribution is 2.48. The van der Waals surface area contributed by atoms with Gasteiger partial charge in [0, 0.05) is 51.3 Å². The number of ketones is 2. The number of ether oxygens (including phenoxy) is 1. The van der Waals surface area contributed by atoms with Crippen LogP contribution in [0.3, 0.4) is 0 Å². The Morgan fingerprint density at radius 3 is 2.10 bits per heavy atom. The summed E-state index contributed by atoms with van der Waals surface area (Å²) in [5, 5.41) is 3.49.